The monoisotopic (exact) mass is 370 g/mol. The lowest BCUT2D eigenvalue weighted by atomic mass is 10.1. The van der Waals surface area contributed by atoms with Crippen molar-refractivity contribution < 1.29 is 9.21 Å². The molecular formula is C19H22N4O2S. The maximum Gasteiger partial charge on any atom is 0.230 e. The van der Waals surface area contributed by atoms with E-state index in [0.29, 0.717) is 5.75 Å². The number of amides is 1. The Kier molecular flexibility index (Phi) is 5.78. The number of furan rings is 1. The highest BCUT2D eigenvalue weighted by atomic mass is 32.2. The number of hydrogen-bond acceptors (Lipinski definition) is 5. The van der Waals surface area contributed by atoms with Crippen LogP contribution in [0.25, 0.3) is 11.4 Å². The third-order valence-electron chi connectivity index (χ3n) is 4.14. The van der Waals surface area contributed by atoms with E-state index in [1.807, 2.05) is 61.7 Å². The van der Waals surface area contributed by atoms with Gasteiger partial charge in [0.05, 0.1) is 23.6 Å². The van der Waals surface area contributed by atoms with E-state index in [0.717, 1.165) is 34.4 Å². The van der Waals surface area contributed by atoms with Crippen LogP contribution in [0.15, 0.2) is 52.2 Å². The number of benzene rings is 1. The first-order valence-electron chi connectivity index (χ1n) is 8.55. The van der Waals surface area contributed by atoms with E-state index in [9.17, 15) is 4.79 Å². The van der Waals surface area contributed by atoms with Gasteiger partial charge in [-0.2, -0.15) is 0 Å². The largest absolute Gasteiger partial charge is 0.469 e. The van der Waals surface area contributed by atoms with Crippen LogP contribution in [0.5, 0.6) is 0 Å². The van der Waals surface area contributed by atoms with Crippen molar-refractivity contribution in [1.82, 2.24) is 20.1 Å². The summed E-state index contributed by atoms with van der Waals surface area (Å²) < 4.78 is 7.36. The van der Waals surface area contributed by atoms with Gasteiger partial charge >= 0.3 is 0 Å². The van der Waals surface area contributed by atoms with Crippen LogP contribution in [-0.4, -0.2) is 26.4 Å². The predicted molar refractivity (Wildman–Crippen MR) is 102 cm³/mol. The van der Waals surface area contributed by atoms with Crippen molar-refractivity contribution in [2.75, 3.05) is 5.75 Å². The summed E-state index contributed by atoms with van der Waals surface area (Å²) in [5, 5.41) is 12.3. The van der Waals surface area contributed by atoms with Gasteiger partial charge in [0.1, 0.15) is 5.76 Å². The number of nitrogens with one attached hydrogen (secondary N) is 1. The third-order valence-corrected chi connectivity index (χ3v) is 5.11. The van der Waals surface area contributed by atoms with Crippen LogP contribution in [0.1, 0.15) is 31.2 Å². The minimum absolute atomic E-state index is 0.0296. The molecule has 0 saturated heterocycles. The van der Waals surface area contributed by atoms with Gasteiger partial charge in [-0.25, -0.2) is 0 Å². The maximum absolute atomic E-state index is 12.3. The molecule has 0 spiro atoms. The molecule has 6 nitrogen and oxygen atoms in total. The van der Waals surface area contributed by atoms with E-state index < -0.39 is 0 Å². The van der Waals surface area contributed by atoms with Gasteiger partial charge < -0.3 is 14.3 Å². The highest BCUT2D eigenvalue weighted by Gasteiger charge is 2.17. The third kappa shape index (κ3) is 3.99. The van der Waals surface area contributed by atoms with E-state index in [1.54, 1.807) is 6.26 Å². The molecule has 7 heteroatoms. The second kappa shape index (κ2) is 8.23. The first-order valence-corrected chi connectivity index (χ1v) is 9.53. The molecule has 0 bridgehead atoms. The Balaban J connectivity index is 1.64. The Labute approximate surface area is 157 Å². The van der Waals surface area contributed by atoms with Crippen LogP contribution >= 0.6 is 11.8 Å². The molecule has 1 N–H and O–H groups in total. The summed E-state index contributed by atoms with van der Waals surface area (Å²) >= 11 is 1.39. The molecule has 1 unspecified atom stereocenters. The van der Waals surface area contributed by atoms with Gasteiger partial charge in [0, 0.05) is 6.54 Å². The molecule has 2 heterocycles. The van der Waals surface area contributed by atoms with Crippen LogP contribution in [-0.2, 0) is 11.3 Å². The molecule has 136 valence electrons. The average Bonchev–Trinajstić information content (AvgIpc) is 3.25. The van der Waals surface area contributed by atoms with Crippen molar-refractivity contribution in [3.63, 3.8) is 0 Å². The normalized spacial score (nSPS) is 12.1. The molecule has 26 heavy (non-hydrogen) atoms. The fourth-order valence-electron chi connectivity index (χ4n) is 2.74. The number of carbonyl (C=O) groups is 1. The second-order valence-electron chi connectivity index (χ2n) is 5.93. The molecule has 0 aliphatic heterocycles. The van der Waals surface area contributed by atoms with Crippen molar-refractivity contribution in [2.24, 2.45) is 0 Å². The minimum atomic E-state index is -0.0301. The second-order valence-corrected chi connectivity index (χ2v) is 6.87. The topological polar surface area (TPSA) is 73.0 Å². The number of aromatic nitrogens is 3. The van der Waals surface area contributed by atoms with Gasteiger partial charge in [0.2, 0.25) is 5.91 Å². The van der Waals surface area contributed by atoms with E-state index in [4.69, 9.17) is 4.42 Å². The lowest BCUT2D eigenvalue weighted by Crippen LogP contribution is -2.28. The Morgan fingerprint density at radius 3 is 2.69 bits per heavy atom. The van der Waals surface area contributed by atoms with Crippen molar-refractivity contribution in [1.29, 1.82) is 0 Å². The molecule has 0 fully saturated rings. The molecule has 0 aliphatic carbocycles. The zero-order valence-corrected chi connectivity index (χ0v) is 15.9. The quantitative estimate of drug-likeness (QED) is 0.640. The van der Waals surface area contributed by atoms with E-state index in [-0.39, 0.29) is 11.9 Å². The van der Waals surface area contributed by atoms with Gasteiger partial charge in [0.15, 0.2) is 11.0 Å². The van der Waals surface area contributed by atoms with Crippen LogP contribution in [0.4, 0.5) is 0 Å². The first-order chi connectivity index (χ1) is 12.6. The number of hydrogen-bond donors (Lipinski definition) is 1. The van der Waals surface area contributed by atoms with E-state index in [2.05, 4.69) is 15.5 Å². The van der Waals surface area contributed by atoms with Gasteiger partial charge in [-0.05, 0) is 32.4 Å². The molecule has 2 aromatic heterocycles. The fraction of sp³-hybridized carbons (Fsp3) is 0.316. The smallest absolute Gasteiger partial charge is 0.230 e. The molecule has 3 aromatic rings. The summed E-state index contributed by atoms with van der Waals surface area (Å²) in [6.07, 6.45) is 1.64. The van der Waals surface area contributed by atoms with Gasteiger partial charge in [-0.1, -0.05) is 42.1 Å². The summed E-state index contributed by atoms with van der Waals surface area (Å²) in [5.41, 5.74) is 2.01. The number of carbonyl (C=O) groups excluding carboxylic acids is 1. The van der Waals surface area contributed by atoms with E-state index >= 15 is 0 Å². The van der Waals surface area contributed by atoms with E-state index in [1.165, 1.54) is 11.8 Å². The SMILES string of the molecule is CCn1c(SCC(=O)NC(C)c2ccccc2)nnc1-c1ccoc1C. The Hall–Kier alpha value is -2.54. The predicted octanol–water partition coefficient (Wildman–Crippen LogP) is 3.84. The Bertz CT molecular complexity index is 873. The summed E-state index contributed by atoms with van der Waals surface area (Å²) in [6.45, 7) is 6.63. The molecule has 0 saturated carbocycles. The standard InChI is InChI=1S/C19H22N4O2S/c1-4-23-18(16-10-11-25-14(16)3)21-22-19(23)26-12-17(24)20-13(2)15-8-6-5-7-9-15/h5-11,13H,4,12H2,1-3H3,(H,20,24). The molecule has 0 radical (unpaired) electrons. The van der Waals surface area contributed by atoms with Crippen LogP contribution in [0.2, 0.25) is 0 Å². The summed E-state index contributed by atoms with van der Waals surface area (Å²) in [6, 6.07) is 11.8. The van der Waals surface area contributed by atoms with Gasteiger partial charge in [0.25, 0.3) is 0 Å². The van der Waals surface area contributed by atoms with Crippen LogP contribution < -0.4 is 5.32 Å². The zero-order valence-electron chi connectivity index (χ0n) is 15.1. The molecular weight excluding hydrogens is 348 g/mol. The van der Waals surface area contributed by atoms with Crippen molar-refractivity contribution in [3.05, 3.63) is 54.0 Å². The highest BCUT2D eigenvalue weighted by Crippen LogP contribution is 2.27. The molecule has 1 aromatic carbocycles. The number of thioether (sulfide) groups is 1. The van der Waals surface area contributed by atoms with Crippen LogP contribution in [0.3, 0.4) is 0 Å². The number of aryl methyl sites for hydroxylation is 1. The zero-order chi connectivity index (χ0) is 18.5. The number of nitrogens with zero attached hydrogens (tertiary/aromatic N) is 3. The molecule has 0 aliphatic rings. The first kappa shape index (κ1) is 18.3. The Morgan fingerprint density at radius 2 is 2.04 bits per heavy atom. The van der Waals surface area contributed by atoms with Crippen molar-refractivity contribution in [3.8, 4) is 11.4 Å². The average molecular weight is 370 g/mol. The van der Waals surface area contributed by atoms with Crippen molar-refractivity contribution >= 4 is 17.7 Å². The Morgan fingerprint density at radius 1 is 1.27 bits per heavy atom. The molecule has 3 rings (SSSR count). The summed E-state index contributed by atoms with van der Waals surface area (Å²) in [7, 11) is 0. The maximum atomic E-state index is 12.3. The summed E-state index contributed by atoms with van der Waals surface area (Å²) in [5.74, 6) is 1.83. The van der Waals surface area contributed by atoms with Gasteiger partial charge in [-0.15, -0.1) is 10.2 Å². The fourth-order valence-corrected chi connectivity index (χ4v) is 3.55. The summed E-state index contributed by atoms with van der Waals surface area (Å²) in [4.78, 5) is 12.3. The molecule has 1 amide bonds. The van der Waals surface area contributed by atoms with Crippen molar-refractivity contribution in [2.45, 2.75) is 38.5 Å². The lowest BCUT2D eigenvalue weighted by Gasteiger charge is -2.14. The minimum Gasteiger partial charge on any atom is -0.469 e. The molecule has 1 atom stereocenters. The van der Waals surface area contributed by atoms with Crippen LogP contribution in [0, 0.1) is 6.92 Å². The van der Waals surface area contributed by atoms with Gasteiger partial charge in [-0.3, -0.25) is 4.79 Å². The number of rotatable bonds is 7. The lowest BCUT2D eigenvalue weighted by molar-refractivity contribution is -0.119. The highest BCUT2D eigenvalue weighted by molar-refractivity contribution is 7.99.